The number of amides is 1. The zero-order valence-corrected chi connectivity index (χ0v) is 14.7. The molecule has 1 aromatic rings. The maximum absolute atomic E-state index is 12.9. The molecule has 1 amide bonds. The standard InChI is InChI=1S/C16H25N3O3S/c1-12-6-7-15(18-23(3,21)22)14(9-12)16(20)19-8-4-5-13(11-19)10-17-2/h6-7,9,13,17-18H,4-5,8,10-11H2,1-3H3. The quantitative estimate of drug-likeness (QED) is 0.851. The highest BCUT2D eigenvalue weighted by molar-refractivity contribution is 7.92. The molecule has 128 valence electrons. The normalized spacial score (nSPS) is 18.7. The minimum absolute atomic E-state index is 0.111. The molecule has 1 saturated heterocycles. The number of carbonyl (C=O) groups is 1. The van der Waals surface area contributed by atoms with Gasteiger partial charge in [-0.3, -0.25) is 9.52 Å². The maximum Gasteiger partial charge on any atom is 0.256 e. The number of aryl methyl sites for hydroxylation is 1. The molecule has 0 saturated carbocycles. The summed E-state index contributed by atoms with van der Waals surface area (Å²) in [6.45, 7) is 4.18. The molecule has 2 N–H and O–H groups in total. The van der Waals surface area contributed by atoms with Crippen LogP contribution >= 0.6 is 0 Å². The van der Waals surface area contributed by atoms with Crippen LogP contribution in [0.2, 0.25) is 0 Å². The molecule has 0 radical (unpaired) electrons. The number of sulfonamides is 1. The van der Waals surface area contributed by atoms with Gasteiger partial charge < -0.3 is 10.2 Å². The fourth-order valence-electron chi connectivity index (χ4n) is 3.00. The maximum atomic E-state index is 12.9. The molecule has 1 aliphatic rings. The van der Waals surface area contributed by atoms with Crippen LogP contribution in [0.25, 0.3) is 0 Å². The number of anilines is 1. The van der Waals surface area contributed by atoms with E-state index in [0.29, 0.717) is 30.3 Å². The summed E-state index contributed by atoms with van der Waals surface area (Å²) in [6, 6.07) is 5.19. The van der Waals surface area contributed by atoms with E-state index in [1.54, 1.807) is 18.2 Å². The Morgan fingerprint density at radius 1 is 1.39 bits per heavy atom. The van der Waals surface area contributed by atoms with Gasteiger partial charge in [0.15, 0.2) is 0 Å². The first-order valence-corrected chi connectivity index (χ1v) is 9.71. The molecule has 0 bridgehead atoms. The number of nitrogens with one attached hydrogen (secondary N) is 2. The van der Waals surface area contributed by atoms with Crippen molar-refractivity contribution in [1.29, 1.82) is 0 Å². The average Bonchev–Trinajstić information content (AvgIpc) is 2.48. The van der Waals surface area contributed by atoms with Crippen molar-refractivity contribution in [2.45, 2.75) is 19.8 Å². The number of benzene rings is 1. The number of carbonyl (C=O) groups excluding carboxylic acids is 1. The van der Waals surface area contributed by atoms with Gasteiger partial charge in [-0.15, -0.1) is 0 Å². The van der Waals surface area contributed by atoms with Gasteiger partial charge in [-0.05, 0) is 51.4 Å². The Morgan fingerprint density at radius 3 is 2.78 bits per heavy atom. The van der Waals surface area contributed by atoms with Crippen molar-refractivity contribution in [3.8, 4) is 0 Å². The van der Waals surface area contributed by atoms with E-state index in [9.17, 15) is 13.2 Å². The van der Waals surface area contributed by atoms with Crippen molar-refractivity contribution in [3.63, 3.8) is 0 Å². The van der Waals surface area contributed by atoms with Crippen molar-refractivity contribution < 1.29 is 13.2 Å². The Hall–Kier alpha value is -1.60. The van der Waals surface area contributed by atoms with Gasteiger partial charge in [-0.2, -0.15) is 0 Å². The molecule has 7 heteroatoms. The van der Waals surface area contributed by atoms with Gasteiger partial charge in [-0.25, -0.2) is 8.42 Å². The topological polar surface area (TPSA) is 78.5 Å². The van der Waals surface area contributed by atoms with E-state index < -0.39 is 10.0 Å². The summed E-state index contributed by atoms with van der Waals surface area (Å²) in [4.78, 5) is 14.7. The number of nitrogens with zero attached hydrogens (tertiary/aromatic N) is 1. The summed E-state index contributed by atoms with van der Waals surface area (Å²) < 4.78 is 25.5. The monoisotopic (exact) mass is 339 g/mol. The van der Waals surface area contributed by atoms with Crippen LogP contribution in [0.3, 0.4) is 0 Å². The molecule has 1 heterocycles. The molecule has 23 heavy (non-hydrogen) atoms. The second kappa shape index (κ2) is 7.31. The Kier molecular flexibility index (Phi) is 5.64. The third-order valence-corrected chi connectivity index (χ3v) is 4.59. The molecule has 1 unspecified atom stereocenters. The van der Waals surface area contributed by atoms with Crippen LogP contribution < -0.4 is 10.0 Å². The van der Waals surface area contributed by atoms with Crippen LogP contribution in [0.15, 0.2) is 18.2 Å². The number of likely N-dealkylation sites (tertiary alicyclic amines) is 1. The highest BCUT2D eigenvalue weighted by Crippen LogP contribution is 2.24. The molecule has 0 spiro atoms. The number of hydrogen-bond acceptors (Lipinski definition) is 4. The molecule has 1 aliphatic heterocycles. The lowest BCUT2D eigenvalue weighted by atomic mass is 9.97. The van der Waals surface area contributed by atoms with Crippen LogP contribution in [0.4, 0.5) is 5.69 Å². The van der Waals surface area contributed by atoms with Gasteiger partial charge in [0.2, 0.25) is 10.0 Å². The minimum atomic E-state index is -3.43. The first-order chi connectivity index (χ1) is 10.8. The SMILES string of the molecule is CNCC1CCCN(C(=O)c2cc(C)ccc2NS(C)(=O)=O)C1. The number of piperidine rings is 1. The third-order valence-electron chi connectivity index (χ3n) is 4.00. The van der Waals surface area contributed by atoms with Crippen molar-refractivity contribution in [3.05, 3.63) is 29.3 Å². The number of rotatable bonds is 5. The van der Waals surface area contributed by atoms with Crippen molar-refractivity contribution in [2.75, 3.05) is 37.7 Å². The lowest BCUT2D eigenvalue weighted by Gasteiger charge is -2.33. The summed E-state index contributed by atoms with van der Waals surface area (Å²) in [5.41, 5.74) is 1.69. The van der Waals surface area contributed by atoms with Gasteiger partial charge in [0.25, 0.3) is 5.91 Å². The van der Waals surface area contributed by atoms with E-state index in [1.165, 1.54) is 0 Å². The van der Waals surface area contributed by atoms with E-state index in [-0.39, 0.29) is 5.91 Å². The molecule has 1 fully saturated rings. The summed E-state index contributed by atoms with van der Waals surface area (Å²) in [5.74, 6) is 0.328. The Bertz CT molecular complexity index is 671. The third kappa shape index (κ3) is 4.94. The Labute approximate surface area is 138 Å². The highest BCUT2D eigenvalue weighted by Gasteiger charge is 2.26. The van der Waals surface area contributed by atoms with Crippen LogP contribution in [-0.2, 0) is 10.0 Å². The average molecular weight is 339 g/mol. The first-order valence-electron chi connectivity index (χ1n) is 7.82. The largest absolute Gasteiger partial charge is 0.338 e. The van der Waals surface area contributed by atoms with Gasteiger partial charge in [0, 0.05) is 13.1 Å². The summed E-state index contributed by atoms with van der Waals surface area (Å²) in [6.07, 6.45) is 3.16. The van der Waals surface area contributed by atoms with Crippen molar-refractivity contribution >= 4 is 21.6 Å². The van der Waals surface area contributed by atoms with E-state index in [1.807, 2.05) is 18.9 Å². The van der Waals surface area contributed by atoms with Crippen LogP contribution in [0, 0.1) is 12.8 Å². The van der Waals surface area contributed by atoms with E-state index in [2.05, 4.69) is 10.0 Å². The second-order valence-electron chi connectivity index (χ2n) is 6.24. The van der Waals surface area contributed by atoms with Gasteiger partial charge in [-0.1, -0.05) is 11.6 Å². The number of hydrogen-bond donors (Lipinski definition) is 2. The Morgan fingerprint density at radius 2 is 2.13 bits per heavy atom. The fourth-order valence-corrected chi connectivity index (χ4v) is 3.58. The minimum Gasteiger partial charge on any atom is -0.338 e. The molecular weight excluding hydrogens is 314 g/mol. The second-order valence-corrected chi connectivity index (χ2v) is 7.99. The lowest BCUT2D eigenvalue weighted by Crippen LogP contribution is -2.42. The predicted octanol–water partition coefficient (Wildman–Crippen LogP) is 1.44. The lowest BCUT2D eigenvalue weighted by molar-refractivity contribution is 0.0675. The van der Waals surface area contributed by atoms with E-state index in [0.717, 1.165) is 31.2 Å². The smallest absolute Gasteiger partial charge is 0.256 e. The summed E-state index contributed by atoms with van der Waals surface area (Å²) >= 11 is 0. The predicted molar refractivity (Wildman–Crippen MR) is 92.2 cm³/mol. The van der Waals surface area contributed by atoms with Gasteiger partial charge in [0.05, 0.1) is 17.5 Å². The van der Waals surface area contributed by atoms with Crippen molar-refractivity contribution in [1.82, 2.24) is 10.2 Å². The molecule has 0 aliphatic carbocycles. The molecule has 0 aromatic heterocycles. The zero-order valence-electron chi connectivity index (χ0n) is 13.9. The van der Waals surface area contributed by atoms with E-state index in [4.69, 9.17) is 0 Å². The fraction of sp³-hybridized carbons (Fsp3) is 0.562. The van der Waals surface area contributed by atoms with Gasteiger partial charge in [0.1, 0.15) is 0 Å². The molecule has 1 aromatic carbocycles. The van der Waals surface area contributed by atoms with Gasteiger partial charge >= 0.3 is 0 Å². The summed E-state index contributed by atoms with van der Waals surface area (Å²) in [5, 5.41) is 3.16. The first kappa shape index (κ1) is 17.7. The summed E-state index contributed by atoms with van der Waals surface area (Å²) in [7, 11) is -1.51. The van der Waals surface area contributed by atoms with Crippen LogP contribution in [0.1, 0.15) is 28.8 Å². The molecule has 1 atom stereocenters. The zero-order chi connectivity index (χ0) is 17.0. The van der Waals surface area contributed by atoms with Crippen LogP contribution in [0.5, 0.6) is 0 Å². The van der Waals surface area contributed by atoms with Crippen molar-refractivity contribution in [2.24, 2.45) is 5.92 Å². The molecule has 6 nitrogen and oxygen atoms in total. The molecule has 2 rings (SSSR count). The van der Waals surface area contributed by atoms with Crippen LogP contribution in [-0.4, -0.2) is 52.2 Å². The highest BCUT2D eigenvalue weighted by atomic mass is 32.2. The van der Waals surface area contributed by atoms with E-state index >= 15 is 0 Å². The molecular formula is C16H25N3O3S. The Balaban J connectivity index is 2.25.